The van der Waals surface area contributed by atoms with Crippen molar-refractivity contribution in [1.29, 1.82) is 0 Å². The van der Waals surface area contributed by atoms with Gasteiger partial charge in [-0.2, -0.15) is 17.0 Å². The van der Waals surface area contributed by atoms with Gasteiger partial charge in [0.25, 0.3) is 20.2 Å². The van der Waals surface area contributed by atoms with Gasteiger partial charge in [-0.3, -0.25) is 9.52 Å². The van der Waals surface area contributed by atoms with E-state index in [0.29, 0.717) is 30.8 Å². The average molecular weight is 495 g/mol. The van der Waals surface area contributed by atoms with Crippen LogP contribution in [0.1, 0.15) is 24.0 Å². The number of anilines is 2. The van der Waals surface area contributed by atoms with E-state index in [1.807, 2.05) is 26.0 Å². The maximum atomic E-state index is 12.8. The summed E-state index contributed by atoms with van der Waals surface area (Å²) in [5, 5.41) is 2.77. The fourth-order valence-corrected chi connectivity index (χ4v) is 5.92. The van der Waals surface area contributed by atoms with E-state index in [2.05, 4.69) is 10.0 Å². The van der Waals surface area contributed by atoms with Crippen molar-refractivity contribution in [2.24, 2.45) is 5.92 Å². The highest BCUT2D eigenvalue weighted by Gasteiger charge is 2.33. The van der Waals surface area contributed by atoms with Gasteiger partial charge >= 0.3 is 0 Å². The molecule has 2 N–H and O–H groups in total. The SMILES string of the molecule is Cc1ccc(C)c(NS(=O)(=O)c2ccc(NC(=O)[C@H]3CCCN(S(=O)(=O)N(C)C)C3)cc2)c1. The Morgan fingerprint density at radius 1 is 1.03 bits per heavy atom. The van der Waals surface area contributed by atoms with E-state index >= 15 is 0 Å². The lowest BCUT2D eigenvalue weighted by Crippen LogP contribution is -2.47. The number of piperidine rings is 1. The van der Waals surface area contributed by atoms with Gasteiger partial charge in [0.05, 0.1) is 16.5 Å². The molecule has 0 spiro atoms. The van der Waals surface area contributed by atoms with E-state index in [1.165, 1.54) is 42.7 Å². The number of nitrogens with zero attached hydrogens (tertiary/aromatic N) is 2. The Labute approximate surface area is 196 Å². The minimum absolute atomic E-state index is 0.0716. The van der Waals surface area contributed by atoms with Crippen LogP contribution in [0.2, 0.25) is 0 Å². The van der Waals surface area contributed by atoms with Crippen LogP contribution in [0, 0.1) is 19.8 Å². The number of nitrogens with one attached hydrogen (secondary N) is 2. The zero-order valence-electron chi connectivity index (χ0n) is 19.2. The molecule has 1 fully saturated rings. The van der Waals surface area contributed by atoms with E-state index in [-0.39, 0.29) is 17.3 Å². The molecule has 180 valence electrons. The second kappa shape index (κ2) is 9.80. The third kappa shape index (κ3) is 5.91. The lowest BCUT2D eigenvalue weighted by molar-refractivity contribution is -0.120. The maximum Gasteiger partial charge on any atom is 0.281 e. The Balaban J connectivity index is 1.67. The topological polar surface area (TPSA) is 116 Å². The van der Waals surface area contributed by atoms with Gasteiger partial charge in [-0.25, -0.2) is 8.42 Å². The molecule has 1 heterocycles. The van der Waals surface area contributed by atoms with Crippen LogP contribution in [-0.4, -0.2) is 58.5 Å². The van der Waals surface area contributed by atoms with Crippen LogP contribution in [-0.2, 0) is 25.0 Å². The molecule has 0 unspecified atom stereocenters. The third-order valence-corrected chi connectivity index (χ3v) is 8.90. The van der Waals surface area contributed by atoms with Gasteiger partial charge in [0.1, 0.15) is 0 Å². The minimum atomic E-state index is -3.79. The molecule has 0 saturated carbocycles. The molecule has 11 heteroatoms. The van der Waals surface area contributed by atoms with E-state index in [1.54, 1.807) is 6.07 Å². The maximum absolute atomic E-state index is 12.8. The van der Waals surface area contributed by atoms with Crippen LogP contribution in [0.4, 0.5) is 11.4 Å². The summed E-state index contributed by atoms with van der Waals surface area (Å²) in [6.45, 7) is 4.20. The van der Waals surface area contributed by atoms with Crippen molar-refractivity contribution in [3.63, 3.8) is 0 Å². The summed E-state index contributed by atoms with van der Waals surface area (Å²) in [7, 11) is -4.45. The molecular weight excluding hydrogens is 464 g/mol. The average Bonchev–Trinajstić information content (AvgIpc) is 2.76. The first kappa shape index (κ1) is 25.2. The summed E-state index contributed by atoms with van der Waals surface area (Å²) in [5.74, 6) is -0.777. The quantitative estimate of drug-likeness (QED) is 0.614. The number of rotatable bonds is 7. The number of benzene rings is 2. The Hall–Kier alpha value is -2.47. The first-order chi connectivity index (χ1) is 15.4. The summed E-state index contributed by atoms with van der Waals surface area (Å²) in [4.78, 5) is 12.8. The Morgan fingerprint density at radius 2 is 1.70 bits per heavy atom. The number of carbonyl (C=O) groups is 1. The predicted octanol–water partition coefficient (Wildman–Crippen LogP) is 2.56. The molecule has 1 aliphatic rings. The zero-order chi connectivity index (χ0) is 24.4. The van der Waals surface area contributed by atoms with Gasteiger partial charge in [-0.15, -0.1) is 0 Å². The monoisotopic (exact) mass is 494 g/mol. The summed E-state index contributed by atoms with van der Waals surface area (Å²) in [5.41, 5.74) is 2.71. The molecule has 9 nitrogen and oxygen atoms in total. The van der Waals surface area contributed by atoms with Crippen molar-refractivity contribution in [2.45, 2.75) is 31.6 Å². The summed E-state index contributed by atoms with van der Waals surface area (Å²) in [6.07, 6.45) is 1.17. The molecule has 2 aromatic rings. The molecule has 1 atom stereocenters. The summed E-state index contributed by atoms with van der Waals surface area (Å²) >= 11 is 0. The lowest BCUT2D eigenvalue weighted by atomic mass is 9.99. The van der Waals surface area contributed by atoms with Crippen LogP contribution >= 0.6 is 0 Å². The van der Waals surface area contributed by atoms with Gasteiger partial charge in [-0.1, -0.05) is 12.1 Å². The molecule has 0 aromatic heterocycles. The normalized spacial score (nSPS) is 17.7. The van der Waals surface area contributed by atoms with Gasteiger partial charge in [0.15, 0.2) is 0 Å². The third-order valence-electron chi connectivity index (χ3n) is 5.61. The number of hydrogen-bond acceptors (Lipinski definition) is 5. The molecule has 0 bridgehead atoms. The largest absolute Gasteiger partial charge is 0.326 e. The van der Waals surface area contributed by atoms with Crippen LogP contribution in [0.3, 0.4) is 0 Å². The van der Waals surface area contributed by atoms with Crippen molar-refractivity contribution in [3.05, 3.63) is 53.6 Å². The van der Waals surface area contributed by atoms with Crippen molar-refractivity contribution < 1.29 is 21.6 Å². The molecule has 1 saturated heterocycles. The highest BCUT2D eigenvalue weighted by atomic mass is 32.2. The second-order valence-electron chi connectivity index (χ2n) is 8.42. The van der Waals surface area contributed by atoms with Crippen molar-refractivity contribution >= 4 is 37.5 Å². The van der Waals surface area contributed by atoms with Gasteiger partial charge < -0.3 is 5.32 Å². The number of aryl methyl sites for hydroxylation is 2. The molecule has 33 heavy (non-hydrogen) atoms. The highest BCUT2D eigenvalue weighted by molar-refractivity contribution is 7.92. The summed E-state index contributed by atoms with van der Waals surface area (Å²) < 4.78 is 55.3. The molecule has 3 rings (SSSR count). The molecule has 0 aliphatic carbocycles. The minimum Gasteiger partial charge on any atom is -0.326 e. The summed E-state index contributed by atoms with van der Waals surface area (Å²) in [6, 6.07) is 11.4. The number of carbonyl (C=O) groups excluding carboxylic acids is 1. The second-order valence-corrected chi connectivity index (χ2v) is 12.2. The first-order valence-electron chi connectivity index (χ1n) is 10.6. The van der Waals surface area contributed by atoms with Crippen LogP contribution in [0.5, 0.6) is 0 Å². The standard InChI is InChI=1S/C22H30N4O5S2/c1-16-7-8-17(2)21(14-16)24-32(28,29)20-11-9-19(10-12-20)23-22(27)18-6-5-13-26(15-18)33(30,31)25(3)4/h7-12,14,18,24H,5-6,13,15H2,1-4H3,(H,23,27)/t18-/m0/s1. The first-order valence-corrected chi connectivity index (χ1v) is 13.5. The van der Waals surface area contributed by atoms with Crippen LogP contribution < -0.4 is 10.0 Å². The molecular formula is C22H30N4O5S2. The van der Waals surface area contributed by atoms with Crippen molar-refractivity contribution in [1.82, 2.24) is 8.61 Å². The number of sulfonamides is 1. The smallest absolute Gasteiger partial charge is 0.281 e. The van der Waals surface area contributed by atoms with Crippen LogP contribution in [0.25, 0.3) is 0 Å². The number of amides is 1. The van der Waals surface area contributed by atoms with Crippen LogP contribution in [0.15, 0.2) is 47.4 Å². The molecule has 2 aromatic carbocycles. The zero-order valence-corrected chi connectivity index (χ0v) is 20.8. The molecule has 0 radical (unpaired) electrons. The van der Waals surface area contributed by atoms with Gasteiger partial charge in [0.2, 0.25) is 5.91 Å². The fraction of sp³-hybridized carbons (Fsp3) is 0.409. The van der Waals surface area contributed by atoms with E-state index < -0.39 is 26.2 Å². The van der Waals surface area contributed by atoms with E-state index in [0.717, 1.165) is 15.4 Å². The Kier molecular flexibility index (Phi) is 7.47. The van der Waals surface area contributed by atoms with E-state index in [4.69, 9.17) is 0 Å². The molecule has 1 amide bonds. The Bertz CT molecular complexity index is 1230. The van der Waals surface area contributed by atoms with Gasteiger partial charge in [0, 0.05) is 32.9 Å². The van der Waals surface area contributed by atoms with Gasteiger partial charge in [-0.05, 0) is 68.1 Å². The Morgan fingerprint density at radius 3 is 2.33 bits per heavy atom. The van der Waals surface area contributed by atoms with E-state index in [9.17, 15) is 21.6 Å². The highest BCUT2D eigenvalue weighted by Crippen LogP contribution is 2.24. The van der Waals surface area contributed by atoms with Crippen molar-refractivity contribution in [3.8, 4) is 0 Å². The fourth-order valence-electron chi connectivity index (χ4n) is 3.61. The molecule has 1 aliphatic heterocycles. The predicted molar refractivity (Wildman–Crippen MR) is 129 cm³/mol. The van der Waals surface area contributed by atoms with Crippen molar-refractivity contribution in [2.75, 3.05) is 37.2 Å². The lowest BCUT2D eigenvalue weighted by Gasteiger charge is -2.32. The number of hydrogen-bond donors (Lipinski definition) is 2.